The van der Waals surface area contributed by atoms with Crippen molar-refractivity contribution in [1.82, 2.24) is 9.97 Å². The molecule has 3 aromatic rings. The number of nitrogens with zero attached hydrogens (tertiary/aromatic N) is 2. The highest BCUT2D eigenvalue weighted by Gasteiger charge is 2.12. The lowest BCUT2D eigenvalue weighted by Crippen LogP contribution is -2.06. The van der Waals surface area contributed by atoms with Gasteiger partial charge in [0, 0.05) is 34.6 Å². The number of halogens is 2. The lowest BCUT2D eigenvalue weighted by Gasteiger charge is -2.09. The van der Waals surface area contributed by atoms with E-state index in [4.69, 9.17) is 27.9 Å². The molecule has 110 valence electrons. The van der Waals surface area contributed by atoms with Gasteiger partial charge in [-0.25, -0.2) is 4.79 Å². The van der Waals surface area contributed by atoms with Crippen LogP contribution >= 0.6 is 23.2 Å². The first kappa shape index (κ1) is 14.8. The van der Waals surface area contributed by atoms with Gasteiger partial charge in [0.05, 0.1) is 16.1 Å². The second kappa shape index (κ2) is 6.30. The molecule has 0 aliphatic carbocycles. The average molecular weight is 333 g/mol. The van der Waals surface area contributed by atoms with Gasteiger partial charge in [0.15, 0.2) is 0 Å². The van der Waals surface area contributed by atoms with Crippen LogP contribution in [-0.2, 0) is 11.3 Å². The van der Waals surface area contributed by atoms with Crippen LogP contribution in [0.25, 0.3) is 10.9 Å². The molecular weight excluding hydrogens is 323 g/mol. The van der Waals surface area contributed by atoms with E-state index in [9.17, 15) is 4.79 Å². The maximum absolute atomic E-state index is 12.0. The molecule has 0 aliphatic heterocycles. The Morgan fingerprint density at radius 3 is 2.82 bits per heavy atom. The molecule has 0 spiro atoms. The molecule has 0 radical (unpaired) electrons. The van der Waals surface area contributed by atoms with Gasteiger partial charge in [-0.2, -0.15) is 0 Å². The second-order valence-corrected chi connectivity index (χ2v) is 5.41. The van der Waals surface area contributed by atoms with Gasteiger partial charge >= 0.3 is 5.97 Å². The van der Waals surface area contributed by atoms with Crippen LogP contribution in [0.5, 0.6) is 0 Å². The minimum absolute atomic E-state index is 0.0263. The first-order valence-corrected chi connectivity index (χ1v) is 7.20. The van der Waals surface area contributed by atoms with Gasteiger partial charge in [0.2, 0.25) is 0 Å². The van der Waals surface area contributed by atoms with E-state index >= 15 is 0 Å². The zero-order chi connectivity index (χ0) is 15.5. The molecule has 0 bridgehead atoms. The molecule has 0 saturated carbocycles. The van der Waals surface area contributed by atoms with Crippen LogP contribution in [0, 0.1) is 0 Å². The Bertz CT molecular complexity index is 838. The summed E-state index contributed by atoms with van der Waals surface area (Å²) in [5.74, 6) is -0.463. The number of carbonyl (C=O) groups excluding carboxylic acids is 1. The Morgan fingerprint density at radius 2 is 2.05 bits per heavy atom. The predicted octanol–water partition coefficient (Wildman–Crippen LogP) is 4.29. The Kier molecular flexibility index (Phi) is 4.22. The van der Waals surface area contributed by atoms with E-state index in [0.29, 0.717) is 26.7 Å². The van der Waals surface area contributed by atoms with Gasteiger partial charge in [-0.05, 0) is 24.3 Å². The summed E-state index contributed by atoms with van der Waals surface area (Å²) in [4.78, 5) is 20.1. The van der Waals surface area contributed by atoms with Gasteiger partial charge in [-0.15, -0.1) is 0 Å². The molecule has 2 heterocycles. The number of hydrogen-bond donors (Lipinski definition) is 0. The molecule has 0 fully saturated rings. The number of esters is 1. The summed E-state index contributed by atoms with van der Waals surface area (Å²) in [7, 11) is 0. The van der Waals surface area contributed by atoms with E-state index in [2.05, 4.69) is 9.97 Å². The molecule has 0 saturated heterocycles. The molecule has 4 nitrogen and oxygen atoms in total. The van der Waals surface area contributed by atoms with Crippen LogP contribution in [0.15, 0.2) is 48.9 Å². The van der Waals surface area contributed by atoms with Gasteiger partial charge in [-0.3, -0.25) is 9.97 Å². The summed E-state index contributed by atoms with van der Waals surface area (Å²) in [6.45, 7) is 0.0263. The summed E-state index contributed by atoms with van der Waals surface area (Å²) in [5.41, 5.74) is 1.69. The van der Waals surface area contributed by atoms with Crippen molar-refractivity contribution in [3.63, 3.8) is 0 Å². The smallest absolute Gasteiger partial charge is 0.340 e. The van der Waals surface area contributed by atoms with E-state index in [1.807, 2.05) is 6.07 Å². The van der Waals surface area contributed by atoms with Crippen molar-refractivity contribution in [2.45, 2.75) is 6.61 Å². The van der Waals surface area contributed by atoms with Gasteiger partial charge in [0.25, 0.3) is 0 Å². The summed E-state index contributed by atoms with van der Waals surface area (Å²) in [6, 6.07) is 8.65. The number of rotatable bonds is 3. The van der Waals surface area contributed by atoms with Crippen molar-refractivity contribution in [3.8, 4) is 0 Å². The quantitative estimate of drug-likeness (QED) is 0.671. The fourth-order valence-electron chi connectivity index (χ4n) is 2.05. The fourth-order valence-corrected chi connectivity index (χ4v) is 2.43. The highest BCUT2D eigenvalue weighted by atomic mass is 35.5. The van der Waals surface area contributed by atoms with Crippen LogP contribution in [0.4, 0.5) is 0 Å². The summed E-state index contributed by atoms with van der Waals surface area (Å²) in [6.07, 6.45) is 4.57. The number of fused-ring (bicyclic) bond motifs is 1. The van der Waals surface area contributed by atoms with Crippen LogP contribution in [0.3, 0.4) is 0 Å². The van der Waals surface area contributed by atoms with Crippen molar-refractivity contribution >= 4 is 40.1 Å². The van der Waals surface area contributed by atoms with Crippen molar-refractivity contribution in [2.24, 2.45) is 0 Å². The minimum Gasteiger partial charge on any atom is -0.457 e. The van der Waals surface area contributed by atoms with Gasteiger partial charge in [0.1, 0.15) is 6.61 Å². The van der Waals surface area contributed by atoms with Crippen LogP contribution < -0.4 is 0 Å². The Morgan fingerprint density at radius 1 is 1.18 bits per heavy atom. The molecule has 0 N–H and O–H groups in total. The fraction of sp³-hybridized carbons (Fsp3) is 0.0625. The van der Waals surface area contributed by atoms with Crippen molar-refractivity contribution in [3.05, 3.63) is 70.1 Å². The van der Waals surface area contributed by atoms with Gasteiger partial charge < -0.3 is 4.74 Å². The van der Waals surface area contributed by atoms with Crippen molar-refractivity contribution in [1.29, 1.82) is 0 Å². The molecule has 1 aromatic carbocycles. The standard InChI is InChI=1S/C16H10Cl2N2O2/c17-12-6-10-3-4-14(18)13(15(10)20-8-12)9-22-16(21)11-2-1-5-19-7-11/h1-8H,9H2. The van der Waals surface area contributed by atoms with Crippen molar-refractivity contribution in [2.75, 3.05) is 0 Å². The number of pyridine rings is 2. The third-order valence-corrected chi connectivity index (χ3v) is 3.67. The lowest BCUT2D eigenvalue weighted by atomic mass is 10.1. The molecule has 6 heteroatoms. The van der Waals surface area contributed by atoms with E-state index in [0.717, 1.165) is 5.39 Å². The molecule has 3 rings (SSSR count). The van der Waals surface area contributed by atoms with E-state index in [1.54, 1.807) is 30.5 Å². The number of aromatic nitrogens is 2. The zero-order valence-electron chi connectivity index (χ0n) is 11.3. The third-order valence-electron chi connectivity index (χ3n) is 3.11. The summed E-state index contributed by atoms with van der Waals surface area (Å²) >= 11 is 12.1. The topological polar surface area (TPSA) is 52.1 Å². The molecule has 2 aromatic heterocycles. The van der Waals surface area contributed by atoms with Crippen LogP contribution in [-0.4, -0.2) is 15.9 Å². The first-order chi connectivity index (χ1) is 10.6. The van der Waals surface area contributed by atoms with Gasteiger partial charge in [-0.1, -0.05) is 29.3 Å². The highest BCUT2D eigenvalue weighted by molar-refractivity contribution is 6.33. The Balaban J connectivity index is 1.88. The Hall–Kier alpha value is -2.17. The molecule has 0 amide bonds. The highest BCUT2D eigenvalue weighted by Crippen LogP contribution is 2.27. The monoisotopic (exact) mass is 332 g/mol. The van der Waals surface area contributed by atoms with E-state index in [-0.39, 0.29) is 6.61 Å². The van der Waals surface area contributed by atoms with E-state index in [1.165, 1.54) is 12.4 Å². The maximum Gasteiger partial charge on any atom is 0.340 e. The number of carbonyl (C=O) groups is 1. The number of hydrogen-bond acceptors (Lipinski definition) is 4. The lowest BCUT2D eigenvalue weighted by molar-refractivity contribution is 0.0474. The molecule has 22 heavy (non-hydrogen) atoms. The molecule has 0 atom stereocenters. The largest absolute Gasteiger partial charge is 0.457 e. The minimum atomic E-state index is -0.463. The third kappa shape index (κ3) is 3.03. The number of ether oxygens (including phenoxy) is 1. The second-order valence-electron chi connectivity index (χ2n) is 4.57. The summed E-state index contributed by atoms with van der Waals surface area (Å²) < 4.78 is 5.30. The SMILES string of the molecule is O=C(OCc1c(Cl)ccc2cc(Cl)cnc12)c1cccnc1. The first-order valence-electron chi connectivity index (χ1n) is 6.45. The molecule has 0 aliphatic rings. The van der Waals surface area contributed by atoms with Crippen molar-refractivity contribution < 1.29 is 9.53 Å². The zero-order valence-corrected chi connectivity index (χ0v) is 12.8. The molecular formula is C16H10Cl2N2O2. The van der Waals surface area contributed by atoms with Crippen LogP contribution in [0.1, 0.15) is 15.9 Å². The normalized spacial score (nSPS) is 10.6. The van der Waals surface area contributed by atoms with Crippen LogP contribution in [0.2, 0.25) is 10.0 Å². The predicted molar refractivity (Wildman–Crippen MR) is 85.1 cm³/mol. The summed E-state index contributed by atoms with van der Waals surface area (Å²) in [5, 5.41) is 1.86. The average Bonchev–Trinajstić information content (AvgIpc) is 2.54. The van der Waals surface area contributed by atoms with E-state index < -0.39 is 5.97 Å². The maximum atomic E-state index is 12.0. The number of benzene rings is 1. The molecule has 0 unspecified atom stereocenters. The Labute approximate surface area is 136 Å².